The normalized spacial score (nSPS) is 22.3. The van der Waals surface area contributed by atoms with Crippen LogP contribution in [-0.4, -0.2) is 42.1 Å². The third-order valence-electron chi connectivity index (χ3n) is 6.17. The molecule has 0 amide bonds. The van der Waals surface area contributed by atoms with Gasteiger partial charge >= 0.3 is 0 Å². The van der Waals surface area contributed by atoms with Crippen molar-refractivity contribution in [1.29, 1.82) is 0 Å². The molecular formula is C20H33N3. The predicted molar refractivity (Wildman–Crippen MR) is 98.1 cm³/mol. The maximum atomic E-state index is 4.71. The van der Waals surface area contributed by atoms with Crippen LogP contribution in [0.5, 0.6) is 0 Å². The van der Waals surface area contributed by atoms with E-state index in [4.69, 9.17) is 4.98 Å². The summed E-state index contributed by atoms with van der Waals surface area (Å²) in [4.78, 5) is 9.84. The highest BCUT2D eigenvalue weighted by Gasteiger charge is 2.38. The van der Waals surface area contributed by atoms with Gasteiger partial charge < -0.3 is 9.80 Å². The summed E-state index contributed by atoms with van der Waals surface area (Å²) in [5, 5.41) is 0. The monoisotopic (exact) mass is 315 g/mol. The van der Waals surface area contributed by atoms with Gasteiger partial charge in [0.1, 0.15) is 5.82 Å². The van der Waals surface area contributed by atoms with Crippen LogP contribution in [0.2, 0.25) is 0 Å². The van der Waals surface area contributed by atoms with E-state index in [1.165, 1.54) is 63.2 Å². The van der Waals surface area contributed by atoms with Gasteiger partial charge in [0.15, 0.2) is 0 Å². The van der Waals surface area contributed by atoms with Gasteiger partial charge in [0, 0.05) is 25.3 Å². The molecule has 0 atom stereocenters. The van der Waals surface area contributed by atoms with Crippen LogP contribution in [0.4, 0.5) is 5.82 Å². The summed E-state index contributed by atoms with van der Waals surface area (Å²) >= 11 is 0. The third-order valence-corrected chi connectivity index (χ3v) is 6.17. The second-order valence-electron chi connectivity index (χ2n) is 8.22. The molecule has 3 nitrogen and oxygen atoms in total. The van der Waals surface area contributed by atoms with Crippen molar-refractivity contribution in [2.24, 2.45) is 5.41 Å². The maximum Gasteiger partial charge on any atom is 0.128 e. The van der Waals surface area contributed by atoms with Crippen LogP contribution in [0.15, 0.2) is 18.3 Å². The lowest BCUT2D eigenvalue weighted by Crippen LogP contribution is -2.48. The van der Waals surface area contributed by atoms with Crippen molar-refractivity contribution in [2.45, 2.75) is 65.3 Å². The van der Waals surface area contributed by atoms with Gasteiger partial charge in [0.25, 0.3) is 0 Å². The van der Waals surface area contributed by atoms with Crippen molar-refractivity contribution in [3.05, 3.63) is 23.9 Å². The number of rotatable bonds is 3. The molecule has 23 heavy (non-hydrogen) atoms. The first-order chi connectivity index (χ1) is 11.0. The molecule has 0 aliphatic carbocycles. The SMILES string of the molecule is CC(C)c1ccc(N2CCC3(CC2)CCN(C(C)C)CC3)nc1. The quantitative estimate of drug-likeness (QED) is 0.829. The Morgan fingerprint density at radius 3 is 2.00 bits per heavy atom. The number of hydrogen-bond donors (Lipinski definition) is 0. The summed E-state index contributed by atoms with van der Waals surface area (Å²) in [6.07, 6.45) is 7.52. The van der Waals surface area contributed by atoms with Gasteiger partial charge in [-0.3, -0.25) is 0 Å². The van der Waals surface area contributed by atoms with Crippen LogP contribution in [0.25, 0.3) is 0 Å². The van der Waals surface area contributed by atoms with Crippen molar-refractivity contribution in [2.75, 3.05) is 31.1 Å². The standard InChI is InChI=1S/C20H33N3/c1-16(2)18-5-6-19(21-15-18)23-13-9-20(10-14-23)7-11-22(12-8-20)17(3)4/h5-6,15-17H,7-14H2,1-4H3. The molecule has 128 valence electrons. The maximum absolute atomic E-state index is 4.71. The summed E-state index contributed by atoms with van der Waals surface area (Å²) in [5.41, 5.74) is 1.95. The van der Waals surface area contributed by atoms with Gasteiger partial charge in [-0.05, 0) is 75.6 Å². The Kier molecular flexibility index (Phi) is 4.96. The van der Waals surface area contributed by atoms with Gasteiger partial charge in [-0.1, -0.05) is 19.9 Å². The lowest BCUT2D eigenvalue weighted by molar-refractivity contribution is 0.0631. The van der Waals surface area contributed by atoms with Crippen LogP contribution in [0.3, 0.4) is 0 Å². The number of piperidine rings is 2. The van der Waals surface area contributed by atoms with E-state index in [0.717, 1.165) is 0 Å². The van der Waals surface area contributed by atoms with Crippen molar-refractivity contribution < 1.29 is 0 Å². The van der Waals surface area contributed by atoms with E-state index in [2.05, 4.69) is 55.8 Å². The van der Waals surface area contributed by atoms with Crippen LogP contribution in [0.1, 0.15) is 64.9 Å². The summed E-state index contributed by atoms with van der Waals surface area (Å²) in [6, 6.07) is 5.17. The molecule has 2 aliphatic rings. The molecule has 1 spiro atoms. The lowest BCUT2D eigenvalue weighted by Gasteiger charge is -2.48. The van der Waals surface area contributed by atoms with Gasteiger partial charge in [0.05, 0.1) is 0 Å². The Hall–Kier alpha value is -1.09. The van der Waals surface area contributed by atoms with E-state index in [1.807, 2.05) is 0 Å². The third kappa shape index (κ3) is 3.71. The van der Waals surface area contributed by atoms with Crippen molar-refractivity contribution >= 4 is 5.82 Å². The molecule has 2 saturated heterocycles. The van der Waals surface area contributed by atoms with Crippen molar-refractivity contribution in [1.82, 2.24) is 9.88 Å². The predicted octanol–water partition coefficient (Wildman–Crippen LogP) is 4.30. The van der Waals surface area contributed by atoms with E-state index >= 15 is 0 Å². The Labute approximate surface area is 142 Å². The fourth-order valence-corrected chi connectivity index (χ4v) is 4.15. The molecule has 2 aliphatic heterocycles. The number of aromatic nitrogens is 1. The van der Waals surface area contributed by atoms with E-state index < -0.39 is 0 Å². The molecule has 0 bridgehead atoms. The molecule has 3 rings (SSSR count). The minimum Gasteiger partial charge on any atom is -0.357 e. The van der Waals surface area contributed by atoms with Crippen LogP contribution < -0.4 is 4.90 Å². The fraction of sp³-hybridized carbons (Fsp3) is 0.750. The molecule has 2 fully saturated rings. The van der Waals surface area contributed by atoms with Crippen molar-refractivity contribution in [3.63, 3.8) is 0 Å². The zero-order valence-electron chi connectivity index (χ0n) is 15.4. The minimum absolute atomic E-state index is 0.562. The average molecular weight is 316 g/mol. The molecule has 1 aromatic rings. The zero-order chi connectivity index (χ0) is 16.4. The fourth-order valence-electron chi connectivity index (χ4n) is 4.15. The highest BCUT2D eigenvalue weighted by Crippen LogP contribution is 2.42. The molecule has 0 N–H and O–H groups in total. The van der Waals surface area contributed by atoms with Gasteiger partial charge in [0.2, 0.25) is 0 Å². The number of pyridine rings is 1. The van der Waals surface area contributed by atoms with Gasteiger partial charge in [-0.2, -0.15) is 0 Å². The lowest BCUT2D eigenvalue weighted by atomic mass is 9.71. The topological polar surface area (TPSA) is 19.4 Å². The van der Waals surface area contributed by atoms with E-state index in [0.29, 0.717) is 17.4 Å². The van der Waals surface area contributed by atoms with Crippen LogP contribution in [0, 0.1) is 5.41 Å². The molecule has 0 radical (unpaired) electrons. The molecule has 0 unspecified atom stereocenters. The van der Waals surface area contributed by atoms with Crippen LogP contribution >= 0.6 is 0 Å². The van der Waals surface area contributed by atoms with Crippen LogP contribution in [-0.2, 0) is 0 Å². The average Bonchev–Trinajstić information content (AvgIpc) is 2.56. The summed E-state index contributed by atoms with van der Waals surface area (Å²) in [7, 11) is 0. The molecule has 0 aromatic carbocycles. The first-order valence-electron chi connectivity index (χ1n) is 9.44. The highest BCUT2D eigenvalue weighted by atomic mass is 15.2. The molecular weight excluding hydrogens is 282 g/mol. The molecule has 1 aromatic heterocycles. The Morgan fingerprint density at radius 2 is 1.52 bits per heavy atom. The van der Waals surface area contributed by atoms with Gasteiger partial charge in [-0.25, -0.2) is 4.98 Å². The minimum atomic E-state index is 0.562. The number of hydrogen-bond acceptors (Lipinski definition) is 3. The highest BCUT2D eigenvalue weighted by molar-refractivity contribution is 5.40. The zero-order valence-corrected chi connectivity index (χ0v) is 15.4. The Morgan fingerprint density at radius 1 is 0.913 bits per heavy atom. The summed E-state index contributed by atoms with van der Waals surface area (Å²) < 4.78 is 0. The number of anilines is 1. The molecule has 0 saturated carbocycles. The van der Waals surface area contributed by atoms with Crippen molar-refractivity contribution in [3.8, 4) is 0 Å². The summed E-state index contributed by atoms with van der Waals surface area (Å²) in [6.45, 7) is 14.0. The number of likely N-dealkylation sites (tertiary alicyclic amines) is 1. The van der Waals surface area contributed by atoms with E-state index in [-0.39, 0.29) is 0 Å². The molecule has 3 heterocycles. The van der Waals surface area contributed by atoms with E-state index in [1.54, 1.807) is 0 Å². The van der Waals surface area contributed by atoms with E-state index in [9.17, 15) is 0 Å². The second kappa shape index (κ2) is 6.80. The largest absolute Gasteiger partial charge is 0.357 e. The smallest absolute Gasteiger partial charge is 0.128 e. The summed E-state index contributed by atoms with van der Waals surface area (Å²) in [5.74, 6) is 1.73. The first-order valence-corrected chi connectivity index (χ1v) is 9.44. The van der Waals surface area contributed by atoms with Gasteiger partial charge in [-0.15, -0.1) is 0 Å². The first kappa shape index (κ1) is 16.8. The Balaban J connectivity index is 1.56. The molecule has 3 heteroatoms. The Bertz CT molecular complexity index is 488. The second-order valence-corrected chi connectivity index (χ2v) is 8.22. The number of nitrogens with zero attached hydrogens (tertiary/aromatic N) is 3.